The summed E-state index contributed by atoms with van der Waals surface area (Å²) in [6, 6.07) is 3.47. The first-order chi connectivity index (χ1) is 6.09. The van der Waals surface area contributed by atoms with Crippen LogP contribution in [0, 0.1) is 13.8 Å². The molecule has 0 saturated carbocycles. The Morgan fingerprint density at radius 2 is 2.08 bits per heavy atom. The predicted molar refractivity (Wildman–Crippen MR) is 49.2 cm³/mol. The molecular formula is C9H10N2O2. The zero-order chi connectivity index (χ0) is 9.59. The van der Waals surface area contributed by atoms with Crippen LogP contribution in [0.4, 0.5) is 0 Å². The molecule has 0 spiro atoms. The summed E-state index contributed by atoms with van der Waals surface area (Å²) in [6.07, 6.45) is 0. The van der Waals surface area contributed by atoms with E-state index in [-0.39, 0.29) is 5.56 Å². The number of hydrogen-bond donors (Lipinski definition) is 2. The van der Waals surface area contributed by atoms with Gasteiger partial charge in [0.25, 0.3) is 5.56 Å². The molecule has 2 heterocycles. The summed E-state index contributed by atoms with van der Waals surface area (Å²) in [4.78, 5) is 14.5. The third-order valence-corrected chi connectivity index (χ3v) is 2.09. The van der Waals surface area contributed by atoms with Gasteiger partial charge in [-0.3, -0.25) is 4.79 Å². The Balaban J connectivity index is 3.01. The van der Waals surface area contributed by atoms with Crippen molar-refractivity contribution in [2.45, 2.75) is 13.8 Å². The Bertz CT molecular complexity index is 522. The van der Waals surface area contributed by atoms with Crippen LogP contribution in [0.1, 0.15) is 11.4 Å². The number of aromatic nitrogens is 2. The van der Waals surface area contributed by atoms with Crippen molar-refractivity contribution in [3.8, 4) is 0 Å². The Morgan fingerprint density at radius 1 is 1.38 bits per heavy atom. The molecule has 13 heavy (non-hydrogen) atoms. The van der Waals surface area contributed by atoms with Crippen LogP contribution in [0.3, 0.4) is 0 Å². The van der Waals surface area contributed by atoms with E-state index in [9.17, 15) is 10.0 Å². The average molecular weight is 178 g/mol. The highest BCUT2D eigenvalue weighted by molar-refractivity contribution is 5.79. The highest BCUT2D eigenvalue weighted by atomic mass is 16.5. The smallest absolute Gasteiger partial charge is 0.292 e. The van der Waals surface area contributed by atoms with Crippen LogP contribution in [0.5, 0.6) is 0 Å². The minimum Gasteiger partial charge on any atom is -0.425 e. The summed E-state index contributed by atoms with van der Waals surface area (Å²) in [5.74, 6) is 0. The van der Waals surface area contributed by atoms with E-state index in [2.05, 4.69) is 4.98 Å². The van der Waals surface area contributed by atoms with E-state index >= 15 is 0 Å². The summed E-state index contributed by atoms with van der Waals surface area (Å²) in [5, 5.41) is 9.82. The van der Waals surface area contributed by atoms with E-state index < -0.39 is 0 Å². The number of hydrogen-bond acceptors (Lipinski definition) is 2. The number of nitrogens with one attached hydrogen (secondary N) is 1. The maximum atomic E-state index is 11.5. The molecule has 0 aliphatic heterocycles. The van der Waals surface area contributed by atoms with Crippen LogP contribution in [-0.4, -0.2) is 14.9 Å². The summed E-state index contributed by atoms with van der Waals surface area (Å²) >= 11 is 0. The molecule has 4 nitrogen and oxygen atoms in total. The van der Waals surface area contributed by atoms with Crippen LogP contribution >= 0.6 is 0 Å². The normalized spacial score (nSPS) is 10.9. The Kier molecular flexibility index (Phi) is 1.45. The van der Waals surface area contributed by atoms with Gasteiger partial charge in [-0.15, -0.1) is 0 Å². The van der Waals surface area contributed by atoms with Crippen molar-refractivity contribution in [2.24, 2.45) is 0 Å². The van der Waals surface area contributed by atoms with Gasteiger partial charge in [-0.2, -0.15) is 4.73 Å². The van der Waals surface area contributed by atoms with E-state index in [0.717, 1.165) is 11.2 Å². The quantitative estimate of drug-likeness (QED) is 0.595. The number of nitrogens with zero attached hydrogens (tertiary/aromatic N) is 1. The minimum atomic E-state index is -0.376. The number of H-pyrrole nitrogens is 1. The Hall–Kier alpha value is -1.71. The van der Waals surface area contributed by atoms with Crippen LogP contribution < -0.4 is 5.56 Å². The van der Waals surface area contributed by atoms with Crippen molar-refractivity contribution in [2.75, 3.05) is 0 Å². The van der Waals surface area contributed by atoms with Crippen LogP contribution in [0.25, 0.3) is 10.9 Å². The fourth-order valence-corrected chi connectivity index (χ4v) is 1.45. The molecule has 0 bridgehead atoms. The van der Waals surface area contributed by atoms with E-state index in [0.29, 0.717) is 15.8 Å². The van der Waals surface area contributed by atoms with Crippen molar-refractivity contribution >= 4 is 10.9 Å². The first-order valence-corrected chi connectivity index (χ1v) is 4.01. The molecule has 0 amide bonds. The van der Waals surface area contributed by atoms with Crippen LogP contribution in [0.15, 0.2) is 16.9 Å². The lowest BCUT2D eigenvalue weighted by Gasteiger charge is -1.99. The van der Waals surface area contributed by atoms with Gasteiger partial charge in [0.05, 0.1) is 16.6 Å². The number of aromatic amines is 1. The SMILES string of the molecule is Cc1cc2c(=O)n(O)c(C)cc2[nH]1. The van der Waals surface area contributed by atoms with Crippen molar-refractivity contribution < 1.29 is 5.21 Å². The van der Waals surface area contributed by atoms with Crippen LogP contribution in [0.2, 0.25) is 0 Å². The monoisotopic (exact) mass is 178 g/mol. The van der Waals surface area contributed by atoms with E-state index in [4.69, 9.17) is 0 Å². The largest absolute Gasteiger partial charge is 0.425 e. The molecule has 2 N–H and O–H groups in total. The molecule has 0 aliphatic carbocycles. The van der Waals surface area contributed by atoms with Crippen molar-refractivity contribution in [3.05, 3.63) is 33.9 Å². The maximum Gasteiger partial charge on any atom is 0.292 e. The summed E-state index contributed by atoms with van der Waals surface area (Å²) in [6.45, 7) is 3.55. The first kappa shape index (κ1) is 7.91. The first-order valence-electron chi connectivity index (χ1n) is 4.01. The van der Waals surface area contributed by atoms with Gasteiger partial charge in [0.2, 0.25) is 0 Å². The van der Waals surface area contributed by atoms with Crippen LogP contribution in [-0.2, 0) is 0 Å². The summed E-state index contributed by atoms with van der Waals surface area (Å²) < 4.78 is 0.662. The second-order valence-electron chi connectivity index (χ2n) is 3.18. The number of rotatable bonds is 0. The maximum absolute atomic E-state index is 11.5. The number of aryl methyl sites for hydroxylation is 2. The Morgan fingerprint density at radius 3 is 2.77 bits per heavy atom. The molecule has 0 aliphatic rings. The lowest BCUT2D eigenvalue weighted by Crippen LogP contribution is -2.19. The second-order valence-corrected chi connectivity index (χ2v) is 3.18. The Labute approximate surface area is 74.4 Å². The van der Waals surface area contributed by atoms with Crippen molar-refractivity contribution in [1.29, 1.82) is 0 Å². The lowest BCUT2D eigenvalue weighted by atomic mass is 10.3. The van der Waals surface area contributed by atoms with E-state index in [1.165, 1.54) is 0 Å². The average Bonchev–Trinajstić information content (AvgIpc) is 2.42. The minimum absolute atomic E-state index is 0.376. The molecule has 0 radical (unpaired) electrons. The predicted octanol–water partition coefficient (Wildman–Crippen LogP) is 1.18. The van der Waals surface area contributed by atoms with Gasteiger partial charge >= 0.3 is 0 Å². The highest BCUT2D eigenvalue weighted by Crippen LogP contribution is 2.11. The van der Waals surface area contributed by atoms with E-state index in [1.807, 2.05) is 6.92 Å². The molecule has 0 saturated heterocycles. The highest BCUT2D eigenvalue weighted by Gasteiger charge is 2.06. The van der Waals surface area contributed by atoms with Gasteiger partial charge in [-0.25, -0.2) is 0 Å². The van der Waals surface area contributed by atoms with Gasteiger partial charge in [-0.1, -0.05) is 0 Å². The van der Waals surface area contributed by atoms with Gasteiger partial charge in [0.15, 0.2) is 0 Å². The standard InChI is InChI=1S/C9H10N2O2/c1-5-3-7-8(10-5)4-6(2)11(13)9(7)12/h3-4,10,13H,1-2H3. The van der Waals surface area contributed by atoms with Gasteiger partial charge < -0.3 is 10.2 Å². The zero-order valence-electron chi connectivity index (χ0n) is 7.46. The van der Waals surface area contributed by atoms with E-state index in [1.54, 1.807) is 19.1 Å². The molecule has 0 atom stereocenters. The molecule has 2 rings (SSSR count). The van der Waals surface area contributed by atoms with Gasteiger partial charge in [0, 0.05) is 5.69 Å². The van der Waals surface area contributed by atoms with Crippen molar-refractivity contribution in [1.82, 2.24) is 9.71 Å². The molecule has 0 aromatic carbocycles. The molecule has 2 aromatic rings. The fraction of sp³-hybridized carbons (Fsp3) is 0.222. The topological polar surface area (TPSA) is 58.0 Å². The number of fused-ring (bicyclic) bond motifs is 1. The molecular weight excluding hydrogens is 168 g/mol. The zero-order valence-corrected chi connectivity index (χ0v) is 7.46. The molecule has 2 aromatic heterocycles. The van der Waals surface area contributed by atoms with Gasteiger partial charge in [-0.05, 0) is 26.0 Å². The second kappa shape index (κ2) is 2.39. The molecule has 0 fully saturated rings. The summed E-state index contributed by atoms with van der Waals surface area (Å²) in [5.41, 5.74) is 1.83. The fourth-order valence-electron chi connectivity index (χ4n) is 1.45. The third-order valence-electron chi connectivity index (χ3n) is 2.09. The lowest BCUT2D eigenvalue weighted by molar-refractivity contribution is 0.170. The molecule has 68 valence electrons. The summed E-state index contributed by atoms with van der Waals surface area (Å²) in [7, 11) is 0. The molecule has 0 unspecified atom stereocenters. The third kappa shape index (κ3) is 1.02. The van der Waals surface area contributed by atoms with Crippen molar-refractivity contribution in [3.63, 3.8) is 0 Å². The van der Waals surface area contributed by atoms with Gasteiger partial charge in [0.1, 0.15) is 0 Å². The number of pyridine rings is 1. The molecule has 4 heteroatoms.